The van der Waals surface area contributed by atoms with Crippen molar-refractivity contribution in [3.63, 3.8) is 0 Å². The summed E-state index contributed by atoms with van der Waals surface area (Å²) in [6.45, 7) is 0. The van der Waals surface area contributed by atoms with Crippen LogP contribution in [-0.2, 0) is 9.59 Å². The normalized spacial score (nSPS) is 18.7. The van der Waals surface area contributed by atoms with Gasteiger partial charge in [-0.1, -0.05) is 6.07 Å². The molecule has 1 atom stereocenters. The van der Waals surface area contributed by atoms with Crippen LogP contribution in [0, 0.1) is 5.82 Å². The Hall–Kier alpha value is -3.35. The number of amides is 1. The van der Waals surface area contributed by atoms with Gasteiger partial charge >= 0.3 is 0 Å². The third kappa shape index (κ3) is 3.54. The van der Waals surface area contributed by atoms with Gasteiger partial charge in [0.25, 0.3) is 0 Å². The Kier molecular flexibility index (Phi) is 5.67. The van der Waals surface area contributed by atoms with Crippen molar-refractivity contribution in [1.82, 2.24) is 0 Å². The van der Waals surface area contributed by atoms with Gasteiger partial charge in [-0.15, -0.1) is 0 Å². The van der Waals surface area contributed by atoms with Crippen molar-refractivity contribution in [3.05, 3.63) is 59.0 Å². The van der Waals surface area contributed by atoms with E-state index >= 15 is 0 Å². The lowest BCUT2D eigenvalue weighted by atomic mass is 9.76. The van der Waals surface area contributed by atoms with E-state index in [0.29, 0.717) is 59.0 Å². The van der Waals surface area contributed by atoms with Gasteiger partial charge < -0.3 is 14.2 Å². The van der Waals surface area contributed by atoms with Crippen LogP contribution in [0.2, 0.25) is 0 Å². The number of hydrogen-bond donors (Lipinski definition) is 0. The van der Waals surface area contributed by atoms with E-state index < -0.39 is 5.92 Å². The molecule has 0 aromatic heterocycles. The Morgan fingerprint density at radius 3 is 2.26 bits per heavy atom. The number of Topliss-reactive ketones (excluding diaryl/α,β-unsaturated/α-hetero) is 1. The first-order valence-electron chi connectivity index (χ1n) is 10.1. The number of carbonyl (C=O) groups excluding carboxylic acids is 2. The van der Waals surface area contributed by atoms with Gasteiger partial charge in [0.15, 0.2) is 17.3 Å². The Morgan fingerprint density at radius 1 is 0.903 bits per heavy atom. The third-order valence-corrected chi connectivity index (χ3v) is 5.87. The second-order valence-corrected chi connectivity index (χ2v) is 7.52. The molecule has 0 saturated carbocycles. The van der Waals surface area contributed by atoms with Crippen molar-refractivity contribution in [2.45, 2.75) is 31.6 Å². The average Bonchev–Trinajstić information content (AvgIpc) is 2.78. The number of ketones is 1. The zero-order valence-corrected chi connectivity index (χ0v) is 17.7. The summed E-state index contributed by atoms with van der Waals surface area (Å²) in [5.74, 6) is 0.394. The molecule has 1 aliphatic heterocycles. The van der Waals surface area contributed by atoms with Gasteiger partial charge in [0.2, 0.25) is 11.7 Å². The maximum absolute atomic E-state index is 13.4. The fourth-order valence-electron chi connectivity index (χ4n) is 4.55. The highest BCUT2D eigenvalue weighted by Crippen LogP contribution is 2.49. The zero-order chi connectivity index (χ0) is 22.1. The van der Waals surface area contributed by atoms with Crippen LogP contribution in [0.5, 0.6) is 17.2 Å². The average molecular weight is 425 g/mol. The molecule has 0 bridgehead atoms. The molecule has 1 amide bonds. The van der Waals surface area contributed by atoms with Crippen LogP contribution >= 0.6 is 0 Å². The van der Waals surface area contributed by atoms with E-state index in [9.17, 15) is 14.0 Å². The molecule has 7 heteroatoms. The molecule has 1 aliphatic carbocycles. The van der Waals surface area contributed by atoms with Gasteiger partial charge in [-0.2, -0.15) is 0 Å². The van der Waals surface area contributed by atoms with E-state index in [0.717, 1.165) is 0 Å². The highest BCUT2D eigenvalue weighted by molar-refractivity contribution is 6.07. The smallest absolute Gasteiger partial charge is 0.232 e. The van der Waals surface area contributed by atoms with E-state index in [1.165, 1.54) is 33.5 Å². The second kappa shape index (κ2) is 8.41. The molecule has 31 heavy (non-hydrogen) atoms. The van der Waals surface area contributed by atoms with Crippen molar-refractivity contribution in [3.8, 4) is 17.2 Å². The topological polar surface area (TPSA) is 65.1 Å². The number of ether oxygens (including phenoxy) is 3. The van der Waals surface area contributed by atoms with Crippen LogP contribution in [0.4, 0.5) is 10.1 Å². The van der Waals surface area contributed by atoms with Crippen LogP contribution in [0.3, 0.4) is 0 Å². The number of rotatable bonds is 5. The molecule has 1 heterocycles. The summed E-state index contributed by atoms with van der Waals surface area (Å²) in [6.07, 6.45) is 1.78. The lowest BCUT2D eigenvalue weighted by Gasteiger charge is -2.38. The largest absolute Gasteiger partial charge is 0.493 e. The third-order valence-electron chi connectivity index (χ3n) is 5.87. The summed E-state index contributed by atoms with van der Waals surface area (Å²) in [5, 5.41) is 0. The first kappa shape index (κ1) is 20.9. The minimum atomic E-state index is -0.457. The zero-order valence-electron chi connectivity index (χ0n) is 17.7. The highest BCUT2D eigenvalue weighted by Gasteiger charge is 2.41. The number of benzene rings is 2. The first-order chi connectivity index (χ1) is 15.0. The van der Waals surface area contributed by atoms with Crippen molar-refractivity contribution in [2.24, 2.45) is 0 Å². The summed E-state index contributed by atoms with van der Waals surface area (Å²) in [6, 6.07) is 9.33. The lowest BCUT2D eigenvalue weighted by Crippen LogP contribution is -2.40. The molecule has 4 rings (SSSR count). The van der Waals surface area contributed by atoms with Crippen LogP contribution < -0.4 is 19.1 Å². The van der Waals surface area contributed by atoms with E-state index in [1.54, 1.807) is 23.1 Å². The Labute approximate surface area is 180 Å². The summed E-state index contributed by atoms with van der Waals surface area (Å²) >= 11 is 0. The standard InChI is InChI=1S/C24H24FNO5/c1-29-20-12-11-16(23(30-2)24(20)31-3)17-13-21(28)26(15-9-7-14(25)8-10-15)18-5-4-6-19(27)22(17)18/h7-12,17H,4-6,13H2,1-3H3/t17-/m0/s1. The number of anilines is 1. The first-order valence-corrected chi connectivity index (χ1v) is 10.1. The number of methoxy groups -OCH3 is 3. The van der Waals surface area contributed by atoms with Gasteiger partial charge in [-0.25, -0.2) is 4.39 Å². The predicted octanol–water partition coefficient (Wildman–Crippen LogP) is 4.38. The van der Waals surface area contributed by atoms with E-state index in [2.05, 4.69) is 0 Å². The maximum Gasteiger partial charge on any atom is 0.232 e. The predicted molar refractivity (Wildman–Crippen MR) is 113 cm³/mol. The van der Waals surface area contributed by atoms with Crippen molar-refractivity contribution in [1.29, 1.82) is 0 Å². The van der Waals surface area contributed by atoms with Crippen molar-refractivity contribution < 1.29 is 28.2 Å². The Morgan fingerprint density at radius 2 is 1.61 bits per heavy atom. The SMILES string of the molecule is COc1ccc([C@@H]2CC(=O)N(c3ccc(F)cc3)C3=C2C(=O)CCC3)c(OC)c1OC. The molecule has 6 nitrogen and oxygen atoms in total. The second-order valence-electron chi connectivity index (χ2n) is 7.52. The number of nitrogens with zero attached hydrogens (tertiary/aromatic N) is 1. The molecular weight excluding hydrogens is 401 g/mol. The van der Waals surface area contributed by atoms with Gasteiger partial charge in [-0.05, 0) is 43.2 Å². The molecular formula is C24H24FNO5. The number of carbonyl (C=O) groups is 2. The van der Waals surface area contributed by atoms with Gasteiger partial charge in [0.05, 0.1) is 21.3 Å². The molecule has 0 radical (unpaired) electrons. The van der Waals surface area contributed by atoms with E-state index in [1.807, 2.05) is 6.07 Å². The van der Waals surface area contributed by atoms with Crippen LogP contribution in [0.25, 0.3) is 0 Å². The molecule has 162 valence electrons. The molecule has 2 aromatic carbocycles. The minimum Gasteiger partial charge on any atom is -0.493 e. The molecule has 0 saturated heterocycles. The van der Waals surface area contributed by atoms with Gasteiger partial charge in [-0.3, -0.25) is 14.5 Å². The molecule has 0 N–H and O–H groups in total. The van der Waals surface area contributed by atoms with Crippen molar-refractivity contribution >= 4 is 17.4 Å². The summed E-state index contributed by atoms with van der Waals surface area (Å²) < 4.78 is 29.9. The summed E-state index contributed by atoms with van der Waals surface area (Å²) in [7, 11) is 4.57. The van der Waals surface area contributed by atoms with Crippen LogP contribution in [0.15, 0.2) is 47.7 Å². The fourth-order valence-corrected chi connectivity index (χ4v) is 4.55. The molecule has 2 aromatic rings. The van der Waals surface area contributed by atoms with E-state index in [4.69, 9.17) is 14.2 Å². The van der Waals surface area contributed by atoms with E-state index in [-0.39, 0.29) is 23.9 Å². The molecule has 0 fully saturated rings. The Balaban J connectivity index is 1.89. The molecule has 2 aliphatic rings. The Bertz CT molecular complexity index is 1060. The minimum absolute atomic E-state index is 0.0164. The number of allylic oxidation sites excluding steroid dienone is 2. The molecule has 0 unspecified atom stereocenters. The van der Waals surface area contributed by atoms with Crippen LogP contribution in [-0.4, -0.2) is 33.0 Å². The van der Waals surface area contributed by atoms with Crippen molar-refractivity contribution in [2.75, 3.05) is 26.2 Å². The summed E-state index contributed by atoms with van der Waals surface area (Å²) in [4.78, 5) is 27.9. The van der Waals surface area contributed by atoms with Crippen LogP contribution in [0.1, 0.15) is 37.2 Å². The summed E-state index contributed by atoms with van der Waals surface area (Å²) in [5.41, 5.74) is 2.56. The fraction of sp³-hybridized carbons (Fsp3) is 0.333. The quantitative estimate of drug-likeness (QED) is 0.711. The van der Waals surface area contributed by atoms with Gasteiger partial charge in [0, 0.05) is 41.3 Å². The molecule has 0 spiro atoms. The monoisotopic (exact) mass is 425 g/mol. The maximum atomic E-state index is 13.4. The number of hydrogen-bond acceptors (Lipinski definition) is 5. The lowest BCUT2D eigenvalue weighted by molar-refractivity contribution is -0.119. The highest BCUT2D eigenvalue weighted by atomic mass is 19.1. The number of halogens is 1. The van der Waals surface area contributed by atoms with Gasteiger partial charge in [0.1, 0.15) is 5.82 Å².